The molecule has 1 aliphatic rings. The number of piperidine rings is 1. The highest BCUT2D eigenvalue weighted by Gasteiger charge is 2.30. The van der Waals surface area contributed by atoms with E-state index in [4.69, 9.17) is 0 Å². The zero-order chi connectivity index (χ0) is 19.0. The van der Waals surface area contributed by atoms with Gasteiger partial charge in [0.1, 0.15) is 11.5 Å². The van der Waals surface area contributed by atoms with Crippen LogP contribution in [0, 0.1) is 6.92 Å². The van der Waals surface area contributed by atoms with Crippen LogP contribution in [-0.4, -0.2) is 58.0 Å². The minimum absolute atomic E-state index is 0.0311. The van der Waals surface area contributed by atoms with E-state index in [1.54, 1.807) is 17.2 Å². The SMILES string of the molecule is Cc1cc(C(=O)N2CCC[C@@H](c3nnc(Cn4ccnc4)n3C)C2)n(C)n1. The molecule has 0 radical (unpaired) electrons. The lowest BCUT2D eigenvalue weighted by atomic mass is 9.97. The van der Waals surface area contributed by atoms with Crippen molar-refractivity contribution in [2.75, 3.05) is 13.1 Å². The van der Waals surface area contributed by atoms with Crippen LogP contribution < -0.4 is 0 Å². The third-order valence-electron chi connectivity index (χ3n) is 5.18. The van der Waals surface area contributed by atoms with Gasteiger partial charge in [0, 0.05) is 45.5 Å². The highest BCUT2D eigenvalue weighted by molar-refractivity contribution is 5.92. The van der Waals surface area contributed by atoms with E-state index in [-0.39, 0.29) is 11.8 Å². The molecule has 0 aliphatic carbocycles. The number of carbonyl (C=O) groups is 1. The van der Waals surface area contributed by atoms with Crippen LogP contribution in [0.5, 0.6) is 0 Å². The molecule has 1 aliphatic heterocycles. The maximum Gasteiger partial charge on any atom is 0.272 e. The molecule has 0 bridgehead atoms. The second-order valence-electron chi connectivity index (χ2n) is 7.15. The maximum absolute atomic E-state index is 12.9. The second kappa shape index (κ2) is 6.98. The Kier molecular flexibility index (Phi) is 4.51. The predicted molar refractivity (Wildman–Crippen MR) is 98.2 cm³/mol. The summed E-state index contributed by atoms with van der Waals surface area (Å²) in [6.45, 7) is 3.95. The van der Waals surface area contributed by atoms with E-state index >= 15 is 0 Å². The molecular weight excluding hydrogens is 344 g/mol. The third-order valence-corrected chi connectivity index (χ3v) is 5.18. The summed E-state index contributed by atoms with van der Waals surface area (Å²) in [5, 5.41) is 13.1. The lowest BCUT2D eigenvalue weighted by molar-refractivity contribution is 0.0692. The average molecular weight is 368 g/mol. The number of nitrogens with zero attached hydrogens (tertiary/aromatic N) is 8. The molecule has 3 aromatic rings. The Morgan fingerprint density at radius 2 is 2.15 bits per heavy atom. The van der Waals surface area contributed by atoms with Gasteiger partial charge in [-0.1, -0.05) is 0 Å². The molecule has 0 saturated carbocycles. The molecule has 142 valence electrons. The number of rotatable bonds is 4. The fourth-order valence-corrected chi connectivity index (χ4v) is 3.76. The van der Waals surface area contributed by atoms with E-state index in [0.717, 1.165) is 36.7 Å². The summed E-state index contributed by atoms with van der Waals surface area (Å²) in [5.41, 5.74) is 1.48. The van der Waals surface area contributed by atoms with E-state index in [9.17, 15) is 4.79 Å². The van der Waals surface area contributed by atoms with Gasteiger partial charge in [0.2, 0.25) is 0 Å². The summed E-state index contributed by atoms with van der Waals surface area (Å²) in [7, 11) is 3.81. The van der Waals surface area contributed by atoms with Gasteiger partial charge in [-0.15, -0.1) is 10.2 Å². The number of likely N-dealkylation sites (tertiary alicyclic amines) is 1. The molecule has 27 heavy (non-hydrogen) atoms. The van der Waals surface area contributed by atoms with Crippen LogP contribution in [0.15, 0.2) is 24.8 Å². The molecule has 4 rings (SSSR count). The molecule has 0 N–H and O–H groups in total. The molecule has 1 fully saturated rings. The van der Waals surface area contributed by atoms with Crippen LogP contribution in [0.1, 0.15) is 46.6 Å². The lowest BCUT2D eigenvalue weighted by Crippen LogP contribution is -2.40. The van der Waals surface area contributed by atoms with Crippen molar-refractivity contribution in [2.45, 2.75) is 32.2 Å². The number of hydrogen-bond donors (Lipinski definition) is 0. The summed E-state index contributed by atoms with van der Waals surface area (Å²) in [5.74, 6) is 2.03. The van der Waals surface area contributed by atoms with Gasteiger partial charge in [-0.2, -0.15) is 5.10 Å². The van der Waals surface area contributed by atoms with Crippen LogP contribution in [0.2, 0.25) is 0 Å². The minimum Gasteiger partial charge on any atom is -0.337 e. The number of aromatic nitrogens is 7. The zero-order valence-corrected chi connectivity index (χ0v) is 15.9. The van der Waals surface area contributed by atoms with Gasteiger partial charge in [0.15, 0.2) is 5.82 Å². The molecule has 1 atom stereocenters. The van der Waals surface area contributed by atoms with E-state index in [1.807, 2.05) is 47.3 Å². The van der Waals surface area contributed by atoms with E-state index in [1.165, 1.54) is 0 Å². The van der Waals surface area contributed by atoms with Crippen LogP contribution in [0.25, 0.3) is 0 Å². The van der Waals surface area contributed by atoms with E-state index in [0.29, 0.717) is 18.8 Å². The molecular formula is C18H24N8O. The third kappa shape index (κ3) is 3.36. The predicted octanol–water partition coefficient (Wildman–Crippen LogP) is 1.12. The summed E-state index contributed by atoms with van der Waals surface area (Å²) < 4.78 is 5.68. The van der Waals surface area contributed by atoms with Crippen molar-refractivity contribution in [3.8, 4) is 0 Å². The van der Waals surface area contributed by atoms with Crippen LogP contribution in [-0.2, 0) is 20.6 Å². The number of hydrogen-bond acceptors (Lipinski definition) is 5. The molecule has 3 aromatic heterocycles. The summed E-state index contributed by atoms with van der Waals surface area (Å²) >= 11 is 0. The van der Waals surface area contributed by atoms with Gasteiger partial charge in [-0.25, -0.2) is 4.98 Å². The van der Waals surface area contributed by atoms with Gasteiger partial charge < -0.3 is 14.0 Å². The molecule has 9 nitrogen and oxygen atoms in total. The second-order valence-corrected chi connectivity index (χ2v) is 7.15. The Balaban J connectivity index is 1.51. The Morgan fingerprint density at radius 1 is 1.30 bits per heavy atom. The molecule has 1 amide bonds. The lowest BCUT2D eigenvalue weighted by Gasteiger charge is -2.32. The van der Waals surface area contributed by atoms with Crippen molar-refractivity contribution >= 4 is 5.91 Å². The van der Waals surface area contributed by atoms with E-state index < -0.39 is 0 Å². The average Bonchev–Trinajstić information content (AvgIpc) is 3.37. The summed E-state index contributed by atoms with van der Waals surface area (Å²) in [4.78, 5) is 18.9. The highest BCUT2D eigenvalue weighted by atomic mass is 16.2. The zero-order valence-electron chi connectivity index (χ0n) is 15.9. The van der Waals surface area contributed by atoms with Crippen LogP contribution in [0.3, 0.4) is 0 Å². The normalized spacial score (nSPS) is 17.4. The maximum atomic E-state index is 12.9. The van der Waals surface area contributed by atoms with E-state index in [2.05, 4.69) is 20.3 Å². The monoisotopic (exact) mass is 368 g/mol. The first-order chi connectivity index (χ1) is 13.0. The van der Waals surface area contributed by atoms with Gasteiger partial charge in [0.05, 0.1) is 18.6 Å². The van der Waals surface area contributed by atoms with Crippen molar-refractivity contribution in [2.24, 2.45) is 14.1 Å². The van der Waals surface area contributed by atoms with Gasteiger partial charge in [0.25, 0.3) is 5.91 Å². The summed E-state index contributed by atoms with van der Waals surface area (Å²) in [6, 6.07) is 1.84. The number of amides is 1. The van der Waals surface area contributed by atoms with Crippen molar-refractivity contribution in [1.82, 2.24) is 39.0 Å². The first-order valence-corrected chi connectivity index (χ1v) is 9.16. The number of aryl methyl sites for hydroxylation is 2. The van der Waals surface area contributed by atoms with Gasteiger partial charge >= 0.3 is 0 Å². The molecule has 0 spiro atoms. The minimum atomic E-state index is 0.0311. The Bertz CT molecular complexity index is 939. The van der Waals surface area contributed by atoms with Crippen molar-refractivity contribution < 1.29 is 4.79 Å². The molecule has 1 saturated heterocycles. The van der Waals surface area contributed by atoms with Crippen LogP contribution in [0.4, 0.5) is 0 Å². The standard InChI is InChI=1S/C18H24N8O/c1-13-9-15(24(3)22-13)18(27)26-7-4-5-14(10-26)17-21-20-16(23(17)2)11-25-8-6-19-12-25/h6,8-9,12,14H,4-5,7,10-11H2,1-3H3/t14-/m1/s1. The molecule has 0 aromatic carbocycles. The quantitative estimate of drug-likeness (QED) is 0.689. The number of imidazole rings is 1. The first kappa shape index (κ1) is 17.4. The van der Waals surface area contributed by atoms with Crippen molar-refractivity contribution in [1.29, 1.82) is 0 Å². The number of carbonyl (C=O) groups excluding carboxylic acids is 1. The Labute approximate surface area is 157 Å². The summed E-state index contributed by atoms with van der Waals surface area (Å²) in [6.07, 6.45) is 7.39. The largest absolute Gasteiger partial charge is 0.337 e. The molecule has 9 heteroatoms. The topological polar surface area (TPSA) is 86.7 Å². The van der Waals surface area contributed by atoms with Gasteiger partial charge in [-0.3, -0.25) is 9.48 Å². The fourth-order valence-electron chi connectivity index (χ4n) is 3.76. The molecule has 4 heterocycles. The smallest absolute Gasteiger partial charge is 0.272 e. The Morgan fingerprint density at radius 3 is 2.85 bits per heavy atom. The van der Waals surface area contributed by atoms with Crippen LogP contribution >= 0.6 is 0 Å². The molecule has 0 unspecified atom stereocenters. The fraction of sp³-hybridized carbons (Fsp3) is 0.500. The first-order valence-electron chi connectivity index (χ1n) is 9.16. The van der Waals surface area contributed by atoms with Crippen molar-refractivity contribution in [3.05, 3.63) is 47.8 Å². The van der Waals surface area contributed by atoms with Gasteiger partial charge in [-0.05, 0) is 25.8 Å². The van der Waals surface area contributed by atoms with Crippen molar-refractivity contribution in [3.63, 3.8) is 0 Å². The highest BCUT2D eigenvalue weighted by Crippen LogP contribution is 2.27. The Hall–Kier alpha value is -2.97.